The third kappa shape index (κ3) is 3.29. The number of methoxy groups -OCH3 is 1. The summed E-state index contributed by atoms with van der Waals surface area (Å²) in [4.78, 5) is 0. The minimum absolute atomic E-state index is 0.115. The molecule has 1 aromatic carbocycles. The Kier molecular flexibility index (Phi) is 5.43. The van der Waals surface area contributed by atoms with E-state index in [0.717, 1.165) is 12.0 Å². The van der Waals surface area contributed by atoms with Crippen LogP contribution >= 0.6 is 0 Å². The van der Waals surface area contributed by atoms with E-state index < -0.39 is 0 Å². The summed E-state index contributed by atoms with van der Waals surface area (Å²) in [6.07, 6.45) is 1.68. The Bertz CT molecular complexity index is 313. The van der Waals surface area contributed by atoms with Crippen molar-refractivity contribution in [1.29, 1.82) is 0 Å². The van der Waals surface area contributed by atoms with E-state index in [1.54, 1.807) is 13.2 Å². The van der Waals surface area contributed by atoms with Crippen LogP contribution in [0.3, 0.4) is 0 Å². The smallest absolute Gasteiger partial charge is 0.126 e. The minimum Gasteiger partial charge on any atom is -0.380 e. The average molecular weight is 225 g/mol. The van der Waals surface area contributed by atoms with Gasteiger partial charge in [-0.05, 0) is 31.5 Å². The predicted octanol–water partition coefficient (Wildman–Crippen LogP) is 2.38. The predicted molar refractivity (Wildman–Crippen MR) is 64.0 cm³/mol. The van der Waals surface area contributed by atoms with Gasteiger partial charge < -0.3 is 10.1 Å². The molecule has 0 heterocycles. The lowest BCUT2D eigenvalue weighted by Gasteiger charge is -2.24. The van der Waals surface area contributed by atoms with Crippen molar-refractivity contribution in [3.63, 3.8) is 0 Å². The fraction of sp³-hybridized carbons (Fsp3) is 0.538. The summed E-state index contributed by atoms with van der Waals surface area (Å²) in [6, 6.07) is 7.03. The minimum atomic E-state index is -0.145. The Balaban J connectivity index is 2.73. The number of ether oxygens (including phenoxy) is 1. The SMILES string of the molecule is CCC(OC)C(Cc1ccccc1F)NC. The summed E-state index contributed by atoms with van der Waals surface area (Å²) in [7, 11) is 3.58. The number of benzene rings is 1. The maximum Gasteiger partial charge on any atom is 0.126 e. The van der Waals surface area contributed by atoms with Gasteiger partial charge in [0.05, 0.1) is 6.10 Å². The molecule has 0 aliphatic carbocycles. The van der Waals surface area contributed by atoms with Gasteiger partial charge in [0, 0.05) is 13.2 Å². The van der Waals surface area contributed by atoms with E-state index in [1.807, 2.05) is 19.2 Å². The van der Waals surface area contributed by atoms with Crippen LogP contribution in [0.4, 0.5) is 4.39 Å². The molecule has 0 amide bonds. The monoisotopic (exact) mass is 225 g/mol. The zero-order valence-corrected chi connectivity index (χ0v) is 10.2. The molecule has 0 saturated carbocycles. The first-order valence-corrected chi connectivity index (χ1v) is 5.66. The second-order valence-corrected chi connectivity index (χ2v) is 3.87. The Morgan fingerprint density at radius 1 is 1.38 bits per heavy atom. The third-order valence-electron chi connectivity index (χ3n) is 2.92. The molecule has 16 heavy (non-hydrogen) atoms. The number of rotatable bonds is 6. The molecule has 3 heteroatoms. The van der Waals surface area contributed by atoms with Crippen LogP contribution in [-0.2, 0) is 11.2 Å². The molecule has 2 atom stereocenters. The normalized spacial score (nSPS) is 14.8. The van der Waals surface area contributed by atoms with Crippen LogP contribution in [0.2, 0.25) is 0 Å². The zero-order valence-electron chi connectivity index (χ0n) is 10.2. The number of hydrogen-bond donors (Lipinski definition) is 1. The van der Waals surface area contributed by atoms with Crippen LogP contribution < -0.4 is 5.32 Å². The van der Waals surface area contributed by atoms with Crippen molar-refractivity contribution in [2.75, 3.05) is 14.2 Å². The molecule has 1 N–H and O–H groups in total. The Hall–Kier alpha value is -0.930. The largest absolute Gasteiger partial charge is 0.380 e. The van der Waals surface area contributed by atoms with Crippen LogP contribution in [0.15, 0.2) is 24.3 Å². The highest BCUT2D eigenvalue weighted by molar-refractivity contribution is 5.18. The zero-order chi connectivity index (χ0) is 12.0. The second-order valence-electron chi connectivity index (χ2n) is 3.87. The maximum absolute atomic E-state index is 13.5. The molecule has 0 aliphatic rings. The van der Waals surface area contributed by atoms with E-state index in [2.05, 4.69) is 12.2 Å². The molecule has 0 spiro atoms. The quantitative estimate of drug-likeness (QED) is 0.802. The first kappa shape index (κ1) is 13.1. The van der Waals surface area contributed by atoms with Gasteiger partial charge in [0.2, 0.25) is 0 Å². The van der Waals surface area contributed by atoms with Gasteiger partial charge in [0.15, 0.2) is 0 Å². The molecular formula is C13H20FNO. The highest BCUT2D eigenvalue weighted by atomic mass is 19.1. The molecule has 0 aliphatic heterocycles. The Labute approximate surface area is 96.8 Å². The molecular weight excluding hydrogens is 205 g/mol. The van der Waals surface area contributed by atoms with Crippen molar-refractivity contribution >= 4 is 0 Å². The molecule has 2 unspecified atom stereocenters. The summed E-state index contributed by atoms with van der Waals surface area (Å²) < 4.78 is 18.9. The number of halogens is 1. The molecule has 0 fully saturated rings. The van der Waals surface area contributed by atoms with Gasteiger partial charge in [-0.3, -0.25) is 0 Å². The molecule has 1 rings (SSSR count). The van der Waals surface area contributed by atoms with Crippen molar-refractivity contribution in [1.82, 2.24) is 5.32 Å². The molecule has 0 radical (unpaired) electrons. The number of likely N-dealkylation sites (N-methyl/N-ethyl adjacent to an activating group) is 1. The van der Waals surface area contributed by atoms with Gasteiger partial charge in [-0.15, -0.1) is 0 Å². The highest BCUT2D eigenvalue weighted by Crippen LogP contribution is 2.13. The van der Waals surface area contributed by atoms with Crippen molar-refractivity contribution < 1.29 is 9.13 Å². The van der Waals surface area contributed by atoms with Gasteiger partial charge in [-0.25, -0.2) is 4.39 Å². The van der Waals surface area contributed by atoms with E-state index in [-0.39, 0.29) is 18.0 Å². The lowest BCUT2D eigenvalue weighted by molar-refractivity contribution is 0.0675. The summed E-state index contributed by atoms with van der Waals surface area (Å²) in [5, 5.41) is 3.19. The topological polar surface area (TPSA) is 21.3 Å². The van der Waals surface area contributed by atoms with E-state index in [4.69, 9.17) is 4.74 Å². The van der Waals surface area contributed by atoms with Gasteiger partial charge in [0.25, 0.3) is 0 Å². The molecule has 2 nitrogen and oxygen atoms in total. The van der Waals surface area contributed by atoms with Crippen LogP contribution in [0.25, 0.3) is 0 Å². The maximum atomic E-state index is 13.5. The van der Waals surface area contributed by atoms with E-state index in [9.17, 15) is 4.39 Å². The third-order valence-corrected chi connectivity index (χ3v) is 2.92. The van der Waals surface area contributed by atoms with Crippen molar-refractivity contribution in [3.05, 3.63) is 35.6 Å². The standard InChI is InChI=1S/C13H20FNO/c1-4-13(16-3)12(15-2)9-10-7-5-6-8-11(10)14/h5-8,12-13,15H,4,9H2,1-3H3. The van der Waals surface area contributed by atoms with Gasteiger partial charge in [-0.1, -0.05) is 25.1 Å². The summed E-state index contributed by atoms with van der Waals surface area (Å²) in [5.74, 6) is -0.145. The molecule has 0 bridgehead atoms. The molecule has 0 aromatic heterocycles. The summed E-state index contributed by atoms with van der Waals surface area (Å²) in [6.45, 7) is 2.07. The Morgan fingerprint density at radius 2 is 2.06 bits per heavy atom. The molecule has 1 aromatic rings. The average Bonchev–Trinajstić information content (AvgIpc) is 2.31. The van der Waals surface area contributed by atoms with Crippen molar-refractivity contribution in [3.8, 4) is 0 Å². The van der Waals surface area contributed by atoms with Crippen LogP contribution in [0.5, 0.6) is 0 Å². The highest BCUT2D eigenvalue weighted by Gasteiger charge is 2.19. The van der Waals surface area contributed by atoms with E-state index >= 15 is 0 Å². The van der Waals surface area contributed by atoms with Crippen LogP contribution in [-0.4, -0.2) is 26.3 Å². The fourth-order valence-corrected chi connectivity index (χ4v) is 1.94. The summed E-state index contributed by atoms with van der Waals surface area (Å²) >= 11 is 0. The van der Waals surface area contributed by atoms with Gasteiger partial charge in [-0.2, -0.15) is 0 Å². The van der Waals surface area contributed by atoms with Crippen molar-refractivity contribution in [2.45, 2.75) is 31.9 Å². The first-order chi connectivity index (χ1) is 7.72. The summed E-state index contributed by atoms with van der Waals surface area (Å²) in [5.41, 5.74) is 0.734. The molecule has 0 saturated heterocycles. The fourth-order valence-electron chi connectivity index (χ4n) is 1.94. The number of nitrogens with one attached hydrogen (secondary N) is 1. The van der Waals surface area contributed by atoms with Crippen LogP contribution in [0.1, 0.15) is 18.9 Å². The lowest BCUT2D eigenvalue weighted by Crippen LogP contribution is -2.40. The lowest BCUT2D eigenvalue weighted by atomic mass is 9.99. The van der Waals surface area contributed by atoms with Gasteiger partial charge >= 0.3 is 0 Å². The van der Waals surface area contributed by atoms with Crippen molar-refractivity contribution in [2.24, 2.45) is 0 Å². The Morgan fingerprint density at radius 3 is 2.56 bits per heavy atom. The van der Waals surface area contributed by atoms with Crippen LogP contribution in [0, 0.1) is 5.82 Å². The number of hydrogen-bond acceptors (Lipinski definition) is 2. The van der Waals surface area contributed by atoms with E-state index in [0.29, 0.717) is 6.42 Å². The van der Waals surface area contributed by atoms with E-state index in [1.165, 1.54) is 6.07 Å². The van der Waals surface area contributed by atoms with Gasteiger partial charge in [0.1, 0.15) is 5.82 Å². The first-order valence-electron chi connectivity index (χ1n) is 5.66. The molecule has 90 valence electrons. The second kappa shape index (κ2) is 6.61.